The van der Waals surface area contributed by atoms with Gasteiger partial charge in [-0.25, -0.2) is 0 Å². The molecule has 0 saturated carbocycles. The molecule has 0 spiro atoms. The summed E-state index contributed by atoms with van der Waals surface area (Å²) in [7, 11) is 0. The van der Waals surface area contributed by atoms with Crippen molar-refractivity contribution in [3.05, 3.63) is 11.9 Å². The van der Waals surface area contributed by atoms with Crippen molar-refractivity contribution in [3.63, 3.8) is 0 Å². The number of nitrogens with zero attached hydrogens (tertiary/aromatic N) is 3. The Bertz CT molecular complexity index is 350. The van der Waals surface area contributed by atoms with E-state index in [1.807, 2.05) is 4.90 Å². The number of rotatable bonds is 2. The third-order valence-corrected chi connectivity index (χ3v) is 3.34. The monoisotopic (exact) mass is 223 g/mol. The second-order valence-corrected chi connectivity index (χ2v) is 4.37. The molecule has 0 aromatic carbocycles. The van der Waals surface area contributed by atoms with Gasteiger partial charge in [0, 0.05) is 13.1 Å². The fraction of sp³-hybridized carbons (Fsp3) is 0.700. The largest absolute Gasteiger partial charge is 0.337 e. The summed E-state index contributed by atoms with van der Waals surface area (Å²) in [4.78, 5) is 13.8. The van der Waals surface area contributed by atoms with Gasteiger partial charge in [-0.15, -0.1) is 0 Å². The predicted octanol–water partition coefficient (Wildman–Crippen LogP) is -0.138. The Balaban J connectivity index is 2.03. The summed E-state index contributed by atoms with van der Waals surface area (Å²) in [5, 5.41) is 9.90. The van der Waals surface area contributed by atoms with Crippen LogP contribution in [0.3, 0.4) is 0 Å². The van der Waals surface area contributed by atoms with Gasteiger partial charge in [-0.2, -0.15) is 15.4 Å². The first-order valence-corrected chi connectivity index (χ1v) is 5.57. The Labute approximate surface area is 94.2 Å². The predicted molar refractivity (Wildman–Crippen MR) is 58.6 cm³/mol. The molecule has 0 bridgehead atoms. The van der Waals surface area contributed by atoms with Gasteiger partial charge in [-0.1, -0.05) is 6.92 Å². The number of aromatic nitrogens is 3. The summed E-state index contributed by atoms with van der Waals surface area (Å²) in [5.74, 6) is 0.926. The number of carbonyl (C=O) groups excluding carboxylic acids is 1. The van der Waals surface area contributed by atoms with Crippen molar-refractivity contribution >= 4 is 5.91 Å². The van der Waals surface area contributed by atoms with E-state index in [9.17, 15) is 4.79 Å². The van der Waals surface area contributed by atoms with Crippen molar-refractivity contribution in [3.8, 4) is 0 Å². The highest BCUT2D eigenvalue weighted by atomic mass is 16.2. The van der Waals surface area contributed by atoms with E-state index in [0.29, 0.717) is 24.1 Å². The van der Waals surface area contributed by atoms with Crippen molar-refractivity contribution in [1.29, 1.82) is 0 Å². The zero-order chi connectivity index (χ0) is 11.5. The fourth-order valence-electron chi connectivity index (χ4n) is 2.11. The van der Waals surface area contributed by atoms with Crippen LogP contribution < -0.4 is 5.73 Å². The molecule has 1 aliphatic heterocycles. The van der Waals surface area contributed by atoms with Crippen LogP contribution in [0.5, 0.6) is 0 Å². The second-order valence-electron chi connectivity index (χ2n) is 4.37. The standard InChI is InChI=1S/C10H17N5O/c1-7-2-3-15(6-8(7)4-11)10(16)9-5-12-14-13-9/h5,7-8H,2-4,6,11H2,1H3,(H,12,13,14). The Morgan fingerprint density at radius 1 is 1.75 bits per heavy atom. The normalized spacial score (nSPS) is 25.8. The smallest absolute Gasteiger partial charge is 0.276 e. The van der Waals surface area contributed by atoms with E-state index in [2.05, 4.69) is 22.3 Å². The molecule has 3 N–H and O–H groups in total. The number of nitrogens with one attached hydrogen (secondary N) is 1. The number of amides is 1. The molecule has 88 valence electrons. The van der Waals surface area contributed by atoms with E-state index in [4.69, 9.17) is 5.73 Å². The number of hydrogen-bond donors (Lipinski definition) is 2. The van der Waals surface area contributed by atoms with Crippen LogP contribution in [0.15, 0.2) is 6.20 Å². The van der Waals surface area contributed by atoms with Gasteiger partial charge >= 0.3 is 0 Å². The lowest BCUT2D eigenvalue weighted by Gasteiger charge is -2.36. The molecule has 6 heteroatoms. The minimum Gasteiger partial charge on any atom is -0.337 e. The van der Waals surface area contributed by atoms with Crippen LogP contribution >= 0.6 is 0 Å². The zero-order valence-corrected chi connectivity index (χ0v) is 9.39. The molecule has 2 heterocycles. The van der Waals surface area contributed by atoms with Crippen molar-refractivity contribution < 1.29 is 4.79 Å². The molecule has 16 heavy (non-hydrogen) atoms. The number of hydrogen-bond acceptors (Lipinski definition) is 4. The Morgan fingerprint density at radius 3 is 3.19 bits per heavy atom. The molecular weight excluding hydrogens is 206 g/mol. The lowest BCUT2D eigenvalue weighted by molar-refractivity contribution is 0.0612. The first kappa shape index (κ1) is 11.1. The number of piperidine rings is 1. The summed E-state index contributed by atoms with van der Waals surface area (Å²) in [6, 6.07) is 0. The van der Waals surface area contributed by atoms with E-state index < -0.39 is 0 Å². The lowest BCUT2D eigenvalue weighted by atomic mass is 9.87. The highest BCUT2D eigenvalue weighted by Gasteiger charge is 2.29. The summed E-state index contributed by atoms with van der Waals surface area (Å²) in [5.41, 5.74) is 6.08. The SMILES string of the molecule is CC1CCN(C(=O)c2cn[nH]n2)CC1CN. The van der Waals surface area contributed by atoms with E-state index >= 15 is 0 Å². The molecule has 2 unspecified atom stereocenters. The molecule has 0 aliphatic carbocycles. The lowest BCUT2D eigenvalue weighted by Crippen LogP contribution is -2.45. The van der Waals surface area contributed by atoms with Crippen molar-refractivity contribution in [2.75, 3.05) is 19.6 Å². The van der Waals surface area contributed by atoms with Crippen LogP contribution in [0.1, 0.15) is 23.8 Å². The maximum Gasteiger partial charge on any atom is 0.276 e. The Kier molecular flexibility index (Phi) is 3.19. The van der Waals surface area contributed by atoms with Crippen molar-refractivity contribution in [2.24, 2.45) is 17.6 Å². The van der Waals surface area contributed by atoms with E-state index in [1.54, 1.807) is 0 Å². The van der Waals surface area contributed by atoms with Crippen LogP contribution in [0.25, 0.3) is 0 Å². The molecule has 1 amide bonds. The third-order valence-electron chi connectivity index (χ3n) is 3.34. The molecule has 1 aliphatic rings. The minimum absolute atomic E-state index is 0.0564. The molecule has 2 atom stereocenters. The van der Waals surface area contributed by atoms with Crippen molar-refractivity contribution in [1.82, 2.24) is 20.3 Å². The number of nitrogens with two attached hydrogens (primary N) is 1. The number of H-pyrrole nitrogens is 1. The van der Waals surface area contributed by atoms with Crippen LogP contribution in [0.2, 0.25) is 0 Å². The summed E-state index contributed by atoms with van der Waals surface area (Å²) >= 11 is 0. The maximum absolute atomic E-state index is 12.0. The average Bonchev–Trinajstić information content (AvgIpc) is 2.82. The molecule has 1 fully saturated rings. The number of carbonyl (C=O) groups is 1. The number of aromatic amines is 1. The fourth-order valence-corrected chi connectivity index (χ4v) is 2.11. The number of likely N-dealkylation sites (tertiary alicyclic amines) is 1. The highest BCUT2D eigenvalue weighted by Crippen LogP contribution is 2.22. The van der Waals surface area contributed by atoms with Gasteiger partial charge in [0.1, 0.15) is 0 Å². The zero-order valence-electron chi connectivity index (χ0n) is 9.39. The van der Waals surface area contributed by atoms with Gasteiger partial charge in [0.25, 0.3) is 5.91 Å². The van der Waals surface area contributed by atoms with Crippen LogP contribution in [-0.2, 0) is 0 Å². The van der Waals surface area contributed by atoms with Gasteiger partial charge < -0.3 is 10.6 Å². The first-order valence-electron chi connectivity index (χ1n) is 5.57. The molecule has 2 rings (SSSR count). The van der Waals surface area contributed by atoms with Crippen LogP contribution in [-0.4, -0.2) is 45.9 Å². The van der Waals surface area contributed by atoms with Crippen molar-refractivity contribution in [2.45, 2.75) is 13.3 Å². The highest BCUT2D eigenvalue weighted by molar-refractivity contribution is 5.91. The molecule has 1 aromatic rings. The molecule has 0 radical (unpaired) electrons. The van der Waals surface area contributed by atoms with Gasteiger partial charge in [0.05, 0.1) is 6.20 Å². The Morgan fingerprint density at radius 2 is 2.56 bits per heavy atom. The molecular formula is C10H17N5O. The molecule has 1 aromatic heterocycles. The van der Waals surface area contributed by atoms with E-state index in [0.717, 1.165) is 19.5 Å². The van der Waals surface area contributed by atoms with Gasteiger partial charge in [-0.05, 0) is 24.8 Å². The second kappa shape index (κ2) is 4.61. The van der Waals surface area contributed by atoms with Gasteiger partial charge in [0.2, 0.25) is 0 Å². The molecule has 1 saturated heterocycles. The van der Waals surface area contributed by atoms with Crippen LogP contribution in [0.4, 0.5) is 0 Å². The Hall–Kier alpha value is -1.43. The minimum atomic E-state index is -0.0564. The third kappa shape index (κ3) is 2.06. The van der Waals surface area contributed by atoms with Gasteiger partial charge in [0.15, 0.2) is 5.69 Å². The topological polar surface area (TPSA) is 87.9 Å². The molecule has 6 nitrogen and oxygen atoms in total. The quantitative estimate of drug-likeness (QED) is 0.730. The van der Waals surface area contributed by atoms with E-state index in [1.165, 1.54) is 6.20 Å². The maximum atomic E-state index is 12.0. The van der Waals surface area contributed by atoms with Crippen LogP contribution in [0, 0.1) is 11.8 Å². The summed E-state index contributed by atoms with van der Waals surface area (Å²) < 4.78 is 0. The average molecular weight is 223 g/mol. The summed E-state index contributed by atoms with van der Waals surface area (Å²) in [6.45, 7) is 4.33. The first-order chi connectivity index (χ1) is 7.72. The van der Waals surface area contributed by atoms with E-state index in [-0.39, 0.29) is 5.91 Å². The van der Waals surface area contributed by atoms with Gasteiger partial charge in [-0.3, -0.25) is 4.79 Å². The summed E-state index contributed by atoms with van der Waals surface area (Å²) in [6.07, 6.45) is 2.46.